The molecule has 1 aliphatic rings. The Balaban J connectivity index is 1.51. The van der Waals surface area contributed by atoms with E-state index in [1.54, 1.807) is 0 Å². The van der Waals surface area contributed by atoms with E-state index in [1.165, 1.54) is 22.1 Å². The van der Waals surface area contributed by atoms with Crippen LogP contribution in [-0.2, 0) is 0 Å². The second kappa shape index (κ2) is 7.27. The Labute approximate surface area is 166 Å². The predicted molar refractivity (Wildman–Crippen MR) is 115 cm³/mol. The van der Waals surface area contributed by atoms with Crippen LogP contribution in [-0.4, -0.2) is 42.0 Å². The van der Waals surface area contributed by atoms with Gasteiger partial charge < -0.3 is 9.80 Å². The van der Waals surface area contributed by atoms with Crippen molar-refractivity contribution in [3.63, 3.8) is 0 Å². The molecule has 0 radical (unpaired) electrons. The average molecular weight is 374 g/mol. The number of carbonyl (C=O) groups is 1. The molecule has 2 aromatic carbocycles. The molecule has 0 spiro atoms. The number of pyridine rings is 1. The van der Waals surface area contributed by atoms with E-state index >= 15 is 0 Å². The molecule has 0 atom stereocenters. The maximum Gasteiger partial charge on any atom is 0.253 e. The summed E-state index contributed by atoms with van der Waals surface area (Å²) in [5, 5.41) is 1.22. The first-order valence-corrected chi connectivity index (χ1v) is 9.92. The van der Waals surface area contributed by atoms with Crippen molar-refractivity contribution in [3.05, 3.63) is 70.3 Å². The van der Waals surface area contributed by atoms with Crippen molar-refractivity contribution in [2.24, 2.45) is 0 Å². The van der Waals surface area contributed by atoms with Gasteiger partial charge in [0.2, 0.25) is 0 Å². The number of piperazine rings is 1. The van der Waals surface area contributed by atoms with E-state index in [4.69, 9.17) is 4.98 Å². The molecule has 1 fully saturated rings. The second-order valence-corrected chi connectivity index (χ2v) is 7.85. The van der Waals surface area contributed by atoms with E-state index in [9.17, 15) is 4.79 Å². The van der Waals surface area contributed by atoms with Gasteiger partial charge in [-0.1, -0.05) is 24.3 Å². The summed E-state index contributed by atoms with van der Waals surface area (Å²) in [6.07, 6.45) is 0. The van der Waals surface area contributed by atoms with E-state index in [0.29, 0.717) is 0 Å². The highest BCUT2D eigenvalue weighted by molar-refractivity contribution is 5.94. The first kappa shape index (κ1) is 18.5. The lowest BCUT2D eigenvalue weighted by Crippen LogP contribution is -2.49. The van der Waals surface area contributed by atoms with Crippen LogP contribution in [0.2, 0.25) is 0 Å². The number of hydrogen-bond donors (Lipinski definition) is 0. The largest absolute Gasteiger partial charge is 0.353 e. The number of fused-ring (bicyclic) bond motifs is 1. The molecule has 3 aromatic rings. The summed E-state index contributed by atoms with van der Waals surface area (Å²) >= 11 is 0. The van der Waals surface area contributed by atoms with Gasteiger partial charge in [-0.2, -0.15) is 0 Å². The zero-order valence-corrected chi connectivity index (χ0v) is 17.1. The van der Waals surface area contributed by atoms with Gasteiger partial charge in [0.1, 0.15) is 5.82 Å². The molecular formula is C24H27N3O. The van der Waals surface area contributed by atoms with E-state index < -0.39 is 0 Å². The zero-order chi connectivity index (χ0) is 19.8. The molecule has 1 aromatic heterocycles. The summed E-state index contributed by atoms with van der Waals surface area (Å²) < 4.78 is 0. The van der Waals surface area contributed by atoms with E-state index in [1.807, 2.05) is 23.1 Å². The van der Waals surface area contributed by atoms with Crippen LogP contribution in [0.25, 0.3) is 10.9 Å². The molecule has 1 aliphatic heterocycles. The lowest BCUT2D eigenvalue weighted by molar-refractivity contribution is 0.0746. The number of aromatic nitrogens is 1. The fourth-order valence-electron chi connectivity index (χ4n) is 3.90. The zero-order valence-electron chi connectivity index (χ0n) is 17.1. The van der Waals surface area contributed by atoms with Gasteiger partial charge in [0.05, 0.1) is 5.52 Å². The number of anilines is 1. The van der Waals surface area contributed by atoms with Crippen molar-refractivity contribution in [2.45, 2.75) is 27.7 Å². The van der Waals surface area contributed by atoms with Crippen LogP contribution in [0, 0.1) is 27.7 Å². The van der Waals surface area contributed by atoms with Gasteiger partial charge in [0, 0.05) is 37.1 Å². The molecule has 2 heterocycles. The van der Waals surface area contributed by atoms with Crippen molar-refractivity contribution in [3.8, 4) is 0 Å². The van der Waals surface area contributed by atoms with Crippen LogP contribution in [0.1, 0.15) is 32.6 Å². The molecule has 0 N–H and O–H groups in total. The molecule has 28 heavy (non-hydrogen) atoms. The number of benzene rings is 2. The van der Waals surface area contributed by atoms with Crippen LogP contribution in [0.3, 0.4) is 0 Å². The minimum atomic E-state index is 0.126. The first-order chi connectivity index (χ1) is 13.4. The Morgan fingerprint density at radius 2 is 1.57 bits per heavy atom. The summed E-state index contributed by atoms with van der Waals surface area (Å²) in [5.41, 5.74) is 6.69. The second-order valence-electron chi connectivity index (χ2n) is 7.85. The number of para-hydroxylation sites is 1. The van der Waals surface area contributed by atoms with Crippen LogP contribution in [0.5, 0.6) is 0 Å². The van der Waals surface area contributed by atoms with Gasteiger partial charge in [-0.05, 0) is 68.1 Å². The van der Waals surface area contributed by atoms with Crippen molar-refractivity contribution in [1.29, 1.82) is 0 Å². The van der Waals surface area contributed by atoms with Crippen molar-refractivity contribution < 1.29 is 4.79 Å². The Morgan fingerprint density at radius 1 is 0.821 bits per heavy atom. The minimum Gasteiger partial charge on any atom is -0.353 e. The molecule has 0 aliphatic carbocycles. The highest BCUT2D eigenvalue weighted by atomic mass is 16.2. The normalized spacial score (nSPS) is 14.6. The highest BCUT2D eigenvalue weighted by Crippen LogP contribution is 2.25. The third-order valence-corrected chi connectivity index (χ3v) is 5.88. The first-order valence-electron chi connectivity index (χ1n) is 9.92. The topological polar surface area (TPSA) is 36.4 Å². The summed E-state index contributed by atoms with van der Waals surface area (Å²) in [6.45, 7) is 11.4. The molecular weight excluding hydrogens is 346 g/mol. The molecule has 144 valence electrons. The van der Waals surface area contributed by atoms with Crippen LogP contribution in [0.15, 0.2) is 42.5 Å². The maximum atomic E-state index is 12.9. The quantitative estimate of drug-likeness (QED) is 0.667. The third-order valence-electron chi connectivity index (χ3n) is 5.88. The number of hydrogen-bond acceptors (Lipinski definition) is 3. The van der Waals surface area contributed by atoms with E-state index in [2.05, 4.69) is 56.9 Å². The minimum absolute atomic E-state index is 0.126. The molecule has 4 heteroatoms. The number of rotatable bonds is 2. The van der Waals surface area contributed by atoms with Gasteiger partial charge in [0.15, 0.2) is 0 Å². The summed E-state index contributed by atoms with van der Waals surface area (Å²) in [6, 6.07) is 14.5. The van der Waals surface area contributed by atoms with Crippen LogP contribution >= 0.6 is 0 Å². The van der Waals surface area contributed by atoms with Gasteiger partial charge in [-0.25, -0.2) is 4.98 Å². The van der Waals surface area contributed by atoms with Gasteiger partial charge >= 0.3 is 0 Å². The molecule has 0 bridgehead atoms. The monoisotopic (exact) mass is 373 g/mol. The molecule has 0 unspecified atom stereocenters. The molecule has 0 saturated carbocycles. The Hall–Kier alpha value is -2.88. The predicted octanol–water partition coefficient (Wildman–Crippen LogP) is 4.43. The number of amides is 1. The standard InChI is InChI=1S/C24H27N3O/c1-16-8-9-20(14-18(16)3)24(28)27-12-10-26(11-13-27)22-15-19(4)21-7-5-6-17(2)23(21)25-22/h5-9,14-15H,10-13H2,1-4H3. The molecule has 4 rings (SSSR count). The summed E-state index contributed by atoms with van der Waals surface area (Å²) in [4.78, 5) is 22.1. The lowest BCUT2D eigenvalue weighted by atomic mass is 10.1. The smallest absolute Gasteiger partial charge is 0.253 e. The van der Waals surface area contributed by atoms with Crippen molar-refractivity contribution in [1.82, 2.24) is 9.88 Å². The maximum absolute atomic E-state index is 12.9. The molecule has 4 nitrogen and oxygen atoms in total. The molecule has 1 amide bonds. The molecule has 1 saturated heterocycles. The van der Waals surface area contributed by atoms with E-state index in [-0.39, 0.29) is 5.91 Å². The third kappa shape index (κ3) is 3.35. The summed E-state index contributed by atoms with van der Waals surface area (Å²) in [5.74, 6) is 1.14. The average Bonchev–Trinajstić information content (AvgIpc) is 2.70. The van der Waals surface area contributed by atoms with Crippen molar-refractivity contribution in [2.75, 3.05) is 31.1 Å². The number of nitrogens with zero attached hydrogens (tertiary/aromatic N) is 3. The SMILES string of the molecule is Cc1ccc(C(=O)N2CCN(c3cc(C)c4cccc(C)c4n3)CC2)cc1C. The van der Waals surface area contributed by atoms with Gasteiger partial charge in [0.25, 0.3) is 5.91 Å². The highest BCUT2D eigenvalue weighted by Gasteiger charge is 2.23. The van der Waals surface area contributed by atoms with Crippen LogP contribution < -0.4 is 4.90 Å². The fraction of sp³-hybridized carbons (Fsp3) is 0.333. The summed E-state index contributed by atoms with van der Waals surface area (Å²) in [7, 11) is 0. The lowest BCUT2D eigenvalue weighted by Gasteiger charge is -2.35. The van der Waals surface area contributed by atoms with Crippen LogP contribution in [0.4, 0.5) is 5.82 Å². The Bertz CT molecular complexity index is 1050. The number of carbonyl (C=O) groups excluding carboxylic acids is 1. The van der Waals surface area contributed by atoms with Gasteiger partial charge in [-0.3, -0.25) is 4.79 Å². The van der Waals surface area contributed by atoms with Crippen molar-refractivity contribution >= 4 is 22.6 Å². The Morgan fingerprint density at radius 3 is 2.29 bits per heavy atom. The number of aryl methyl sites for hydroxylation is 4. The van der Waals surface area contributed by atoms with E-state index in [0.717, 1.165) is 48.6 Å². The fourth-order valence-corrected chi connectivity index (χ4v) is 3.90. The Kier molecular flexibility index (Phi) is 4.80. The van der Waals surface area contributed by atoms with Gasteiger partial charge in [-0.15, -0.1) is 0 Å².